The number of hydrogen-bond acceptors (Lipinski definition) is 2. The van der Waals surface area contributed by atoms with Crippen LogP contribution in [-0.4, -0.2) is 25.0 Å². The fourth-order valence-corrected chi connectivity index (χ4v) is 3.50. The summed E-state index contributed by atoms with van der Waals surface area (Å²) in [4.78, 5) is 11.8. The maximum absolute atomic E-state index is 11.8. The summed E-state index contributed by atoms with van der Waals surface area (Å²) in [6, 6.07) is 0.585. The molecule has 0 aromatic carbocycles. The van der Waals surface area contributed by atoms with Crippen LogP contribution in [0.25, 0.3) is 0 Å². The average Bonchev–Trinajstić information content (AvgIpc) is 2.71. The van der Waals surface area contributed by atoms with Gasteiger partial charge in [0.15, 0.2) is 0 Å². The number of rotatable bonds is 21. The molecule has 0 atom stereocenters. The van der Waals surface area contributed by atoms with Gasteiger partial charge in [-0.15, -0.1) is 0 Å². The zero-order valence-electron chi connectivity index (χ0n) is 19.4. The first-order valence-electron chi connectivity index (χ1n) is 12.4. The largest absolute Gasteiger partial charge is 0.355 e. The van der Waals surface area contributed by atoms with Crippen LogP contribution in [0.5, 0.6) is 0 Å². The highest BCUT2D eigenvalue weighted by Crippen LogP contribution is 2.09. The van der Waals surface area contributed by atoms with Crippen molar-refractivity contribution in [2.45, 2.75) is 130 Å². The van der Waals surface area contributed by atoms with Gasteiger partial charge in [-0.25, -0.2) is 0 Å². The summed E-state index contributed by atoms with van der Waals surface area (Å²) in [5.74, 6) is 0.212. The molecule has 0 saturated heterocycles. The Balaban J connectivity index is 3.27. The molecule has 3 nitrogen and oxygen atoms in total. The molecule has 0 aromatic heterocycles. The Kier molecular flexibility index (Phi) is 21.8. The van der Waals surface area contributed by atoms with Crippen LogP contribution in [0, 0.1) is 0 Å². The lowest BCUT2D eigenvalue weighted by Gasteiger charge is -2.14. The Morgan fingerprint density at radius 1 is 0.714 bits per heavy atom. The third-order valence-corrected chi connectivity index (χ3v) is 5.53. The lowest BCUT2D eigenvalue weighted by Crippen LogP contribution is -2.36. The molecule has 0 bridgehead atoms. The number of carbonyl (C=O) groups excluding carboxylic acids is 1. The number of unbranched alkanes of at least 4 members (excludes halogenated alkanes) is 11. The van der Waals surface area contributed by atoms with Crippen molar-refractivity contribution in [3.8, 4) is 0 Å². The van der Waals surface area contributed by atoms with Gasteiger partial charge < -0.3 is 10.6 Å². The van der Waals surface area contributed by atoms with Gasteiger partial charge >= 0.3 is 0 Å². The van der Waals surface area contributed by atoms with Crippen molar-refractivity contribution in [2.75, 3.05) is 13.1 Å². The van der Waals surface area contributed by atoms with Crippen molar-refractivity contribution in [3.05, 3.63) is 12.2 Å². The molecule has 166 valence electrons. The molecule has 2 N–H and O–H groups in total. The highest BCUT2D eigenvalue weighted by atomic mass is 16.1. The molecular formula is C25H50N2O. The normalized spacial score (nSPS) is 11.6. The second-order valence-electron chi connectivity index (χ2n) is 8.15. The molecule has 0 heterocycles. The second-order valence-corrected chi connectivity index (χ2v) is 8.15. The molecule has 0 fully saturated rings. The molecule has 0 rings (SSSR count). The predicted octanol–water partition coefficient (Wildman–Crippen LogP) is 6.92. The quantitative estimate of drug-likeness (QED) is 0.164. The molecular weight excluding hydrogens is 344 g/mol. The van der Waals surface area contributed by atoms with Crippen LogP contribution < -0.4 is 10.6 Å². The molecule has 1 amide bonds. The lowest BCUT2D eigenvalue weighted by atomic mass is 10.1. The Morgan fingerprint density at radius 3 is 1.82 bits per heavy atom. The van der Waals surface area contributed by atoms with E-state index in [0.717, 1.165) is 32.4 Å². The van der Waals surface area contributed by atoms with Crippen LogP contribution >= 0.6 is 0 Å². The monoisotopic (exact) mass is 394 g/mol. The van der Waals surface area contributed by atoms with E-state index in [2.05, 4.69) is 43.6 Å². The fraction of sp³-hybridized carbons (Fsp3) is 0.880. The minimum Gasteiger partial charge on any atom is -0.355 e. The fourth-order valence-electron chi connectivity index (χ4n) is 3.50. The molecule has 3 heteroatoms. The van der Waals surface area contributed by atoms with Crippen molar-refractivity contribution in [2.24, 2.45) is 0 Å². The van der Waals surface area contributed by atoms with E-state index in [1.165, 1.54) is 77.0 Å². The summed E-state index contributed by atoms with van der Waals surface area (Å²) in [6.45, 7) is 8.30. The van der Waals surface area contributed by atoms with Crippen LogP contribution in [-0.2, 0) is 4.79 Å². The maximum Gasteiger partial charge on any atom is 0.220 e. The zero-order chi connectivity index (χ0) is 20.7. The molecule has 0 aromatic rings. The number of allylic oxidation sites excluding steroid dienone is 2. The van der Waals surface area contributed by atoms with E-state index in [4.69, 9.17) is 0 Å². The first kappa shape index (κ1) is 27.2. The Bertz CT molecular complexity index is 350. The van der Waals surface area contributed by atoms with Crippen molar-refractivity contribution < 1.29 is 4.79 Å². The van der Waals surface area contributed by atoms with Crippen molar-refractivity contribution >= 4 is 5.91 Å². The molecule has 0 aliphatic heterocycles. The highest BCUT2D eigenvalue weighted by Gasteiger charge is 2.03. The minimum atomic E-state index is 0.212. The Hall–Kier alpha value is -0.830. The van der Waals surface area contributed by atoms with E-state index in [9.17, 15) is 4.79 Å². The summed E-state index contributed by atoms with van der Waals surface area (Å²) in [6.07, 6.45) is 24.6. The summed E-state index contributed by atoms with van der Waals surface area (Å²) >= 11 is 0. The van der Waals surface area contributed by atoms with E-state index in [0.29, 0.717) is 12.5 Å². The Labute approximate surface area is 176 Å². The smallest absolute Gasteiger partial charge is 0.220 e. The van der Waals surface area contributed by atoms with Crippen molar-refractivity contribution in [1.82, 2.24) is 10.6 Å². The Morgan fingerprint density at radius 2 is 1.25 bits per heavy atom. The van der Waals surface area contributed by atoms with Gasteiger partial charge in [-0.2, -0.15) is 0 Å². The van der Waals surface area contributed by atoms with Crippen molar-refractivity contribution in [3.63, 3.8) is 0 Å². The van der Waals surface area contributed by atoms with E-state index in [1.807, 2.05) is 0 Å². The van der Waals surface area contributed by atoms with Gasteiger partial charge in [0.25, 0.3) is 0 Å². The molecule has 0 spiro atoms. The van der Waals surface area contributed by atoms with E-state index < -0.39 is 0 Å². The zero-order valence-corrected chi connectivity index (χ0v) is 19.4. The summed E-state index contributed by atoms with van der Waals surface area (Å²) < 4.78 is 0. The summed E-state index contributed by atoms with van der Waals surface area (Å²) in [5, 5.41) is 6.50. The SMILES string of the molecule is CCCCCCCC/C=C\CCCCCCCC(=O)NCCNC(CC)CC. The van der Waals surface area contributed by atoms with Crippen LogP contribution in [0.4, 0.5) is 0 Å². The second kappa shape index (κ2) is 22.5. The van der Waals surface area contributed by atoms with Gasteiger partial charge in [-0.1, -0.05) is 84.3 Å². The van der Waals surface area contributed by atoms with Gasteiger partial charge in [-0.05, 0) is 44.9 Å². The molecule has 28 heavy (non-hydrogen) atoms. The van der Waals surface area contributed by atoms with Crippen LogP contribution in [0.15, 0.2) is 12.2 Å². The standard InChI is InChI=1S/C25H50N2O/c1-4-7-8-9-10-11-12-13-14-15-16-17-18-19-20-21-25(28)27-23-22-26-24(5-2)6-3/h13-14,24,26H,4-12,15-23H2,1-3H3,(H,27,28)/b14-13-. The minimum absolute atomic E-state index is 0.212. The molecule has 0 radical (unpaired) electrons. The number of hydrogen-bond donors (Lipinski definition) is 2. The van der Waals surface area contributed by atoms with Crippen molar-refractivity contribution in [1.29, 1.82) is 0 Å². The molecule has 0 saturated carbocycles. The van der Waals surface area contributed by atoms with Crippen LogP contribution in [0.2, 0.25) is 0 Å². The van der Waals surface area contributed by atoms with E-state index in [-0.39, 0.29) is 5.91 Å². The number of carbonyl (C=O) groups is 1. The highest BCUT2D eigenvalue weighted by molar-refractivity contribution is 5.75. The first-order valence-corrected chi connectivity index (χ1v) is 12.4. The number of nitrogens with one attached hydrogen (secondary N) is 2. The van der Waals surface area contributed by atoms with E-state index in [1.54, 1.807) is 0 Å². The van der Waals surface area contributed by atoms with Gasteiger partial charge in [0.1, 0.15) is 0 Å². The van der Waals surface area contributed by atoms with Gasteiger partial charge in [0.05, 0.1) is 0 Å². The summed E-state index contributed by atoms with van der Waals surface area (Å²) in [7, 11) is 0. The molecule has 0 aliphatic carbocycles. The third-order valence-electron chi connectivity index (χ3n) is 5.53. The van der Waals surface area contributed by atoms with Gasteiger partial charge in [-0.3, -0.25) is 4.79 Å². The third kappa shape index (κ3) is 19.9. The van der Waals surface area contributed by atoms with E-state index >= 15 is 0 Å². The van der Waals surface area contributed by atoms with Gasteiger partial charge in [0.2, 0.25) is 5.91 Å². The predicted molar refractivity (Wildman–Crippen MR) is 125 cm³/mol. The topological polar surface area (TPSA) is 41.1 Å². The maximum atomic E-state index is 11.8. The lowest BCUT2D eigenvalue weighted by molar-refractivity contribution is -0.121. The molecule has 0 aliphatic rings. The van der Waals surface area contributed by atoms with Gasteiger partial charge in [0, 0.05) is 25.6 Å². The average molecular weight is 395 g/mol. The van der Waals surface area contributed by atoms with Crippen LogP contribution in [0.1, 0.15) is 124 Å². The number of amides is 1. The first-order chi connectivity index (χ1) is 13.7. The summed E-state index contributed by atoms with van der Waals surface area (Å²) in [5.41, 5.74) is 0. The van der Waals surface area contributed by atoms with Crippen LogP contribution in [0.3, 0.4) is 0 Å². The molecule has 0 unspecified atom stereocenters.